The van der Waals surface area contributed by atoms with Crippen LogP contribution in [0.15, 0.2) is 46.9 Å². The lowest BCUT2D eigenvalue weighted by Crippen LogP contribution is -2.37. The van der Waals surface area contributed by atoms with E-state index in [-0.39, 0.29) is 6.10 Å². The minimum absolute atomic E-state index is 0.107. The first-order chi connectivity index (χ1) is 11.7. The van der Waals surface area contributed by atoms with E-state index < -0.39 is 0 Å². The van der Waals surface area contributed by atoms with Crippen LogP contribution in [0.4, 0.5) is 0 Å². The number of methoxy groups -OCH3 is 2. The summed E-state index contributed by atoms with van der Waals surface area (Å²) in [7, 11) is 3.36. The van der Waals surface area contributed by atoms with Gasteiger partial charge in [0, 0.05) is 35.7 Å². The summed E-state index contributed by atoms with van der Waals surface area (Å²) in [6.07, 6.45) is 0.107. The minimum Gasteiger partial charge on any atom is -0.497 e. The Labute approximate surface area is 151 Å². The van der Waals surface area contributed by atoms with Gasteiger partial charge in [-0.15, -0.1) is 0 Å². The van der Waals surface area contributed by atoms with Crippen LogP contribution in [0, 0.1) is 0 Å². The van der Waals surface area contributed by atoms with E-state index >= 15 is 0 Å². The van der Waals surface area contributed by atoms with Crippen molar-refractivity contribution in [2.24, 2.45) is 0 Å². The smallest absolute Gasteiger partial charge is 0.127 e. The molecule has 0 N–H and O–H groups in total. The number of ether oxygens (including phenoxy) is 3. The SMILES string of the molecule is COc1ccc(CN2CCOC(c3ccc(Br)cc3)C2)c(OC)c1. The molecule has 0 bridgehead atoms. The van der Waals surface area contributed by atoms with Gasteiger partial charge in [-0.3, -0.25) is 4.90 Å². The van der Waals surface area contributed by atoms with Crippen molar-refractivity contribution >= 4 is 15.9 Å². The maximum atomic E-state index is 5.96. The van der Waals surface area contributed by atoms with Gasteiger partial charge in [-0.05, 0) is 23.8 Å². The van der Waals surface area contributed by atoms with E-state index in [1.807, 2.05) is 12.1 Å². The largest absolute Gasteiger partial charge is 0.497 e. The van der Waals surface area contributed by atoms with Crippen molar-refractivity contribution < 1.29 is 14.2 Å². The normalized spacial score (nSPS) is 18.4. The van der Waals surface area contributed by atoms with E-state index in [1.165, 1.54) is 5.56 Å². The Kier molecular flexibility index (Phi) is 5.76. The van der Waals surface area contributed by atoms with Crippen LogP contribution in [-0.2, 0) is 11.3 Å². The monoisotopic (exact) mass is 391 g/mol. The van der Waals surface area contributed by atoms with Crippen LogP contribution in [-0.4, -0.2) is 38.8 Å². The van der Waals surface area contributed by atoms with E-state index in [9.17, 15) is 0 Å². The Hall–Kier alpha value is -1.56. The molecule has 4 nitrogen and oxygen atoms in total. The van der Waals surface area contributed by atoms with Crippen LogP contribution in [0.3, 0.4) is 0 Å². The maximum absolute atomic E-state index is 5.96. The molecular formula is C19H22BrNO3. The number of hydrogen-bond donors (Lipinski definition) is 0. The highest BCUT2D eigenvalue weighted by Crippen LogP contribution is 2.28. The van der Waals surface area contributed by atoms with Gasteiger partial charge >= 0.3 is 0 Å². The molecule has 0 spiro atoms. The van der Waals surface area contributed by atoms with Crippen LogP contribution in [0.25, 0.3) is 0 Å². The fourth-order valence-corrected chi connectivity index (χ4v) is 3.21. The first kappa shape index (κ1) is 17.3. The molecule has 2 aromatic rings. The van der Waals surface area contributed by atoms with Gasteiger partial charge in [-0.2, -0.15) is 0 Å². The lowest BCUT2D eigenvalue weighted by molar-refractivity contribution is -0.0331. The second kappa shape index (κ2) is 8.01. The Morgan fingerprint density at radius 1 is 1.12 bits per heavy atom. The van der Waals surface area contributed by atoms with E-state index in [2.05, 4.69) is 51.2 Å². The molecule has 1 aliphatic heterocycles. The molecule has 0 radical (unpaired) electrons. The van der Waals surface area contributed by atoms with E-state index in [1.54, 1.807) is 14.2 Å². The lowest BCUT2D eigenvalue weighted by Gasteiger charge is -2.33. The van der Waals surface area contributed by atoms with Gasteiger partial charge in [-0.25, -0.2) is 0 Å². The average molecular weight is 392 g/mol. The molecular weight excluding hydrogens is 370 g/mol. The van der Waals surface area contributed by atoms with Gasteiger partial charge in [0.2, 0.25) is 0 Å². The second-order valence-electron chi connectivity index (χ2n) is 5.82. The van der Waals surface area contributed by atoms with Crippen molar-refractivity contribution in [3.8, 4) is 11.5 Å². The topological polar surface area (TPSA) is 30.9 Å². The van der Waals surface area contributed by atoms with Gasteiger partial charge in [0.1, 0.15) is 11.5 Å². The molecule has 128 valence electrons. The summed E-state index contributed by atoms with van der Waals surface area (Å²) in [6.45, 7) is 3.36. The third kappa shape index (κ3) is 4.09. The van der Waals surface area contributed by atoms with E-state index in [0.29, 0.717) is 0 Å². The van der Waals surface area contributed by atoms with Gasteiger partial charge in [0.05, 0.1) is 26.9 Å². The number of nitrogens with zero attached hydrogens (tertiary/aromatic N) is 1. The molecule has 1 unspecified atom stereocenters. The standard InChI is InChI=1S/C19H22BrNO3/c1-22-17-8-5-15(18(11-17)23-2)12-21-9-10-24-19(13-21)14-3-6-16(20)7-4-14/h3-8,11,19H,9-10,12-13H2,1-2H3. The Balaban J connectivity index is 1.70. The Morgan fingerprint density at radius 2 is 1.92 bits per heavy atom. The molecule has 24 heavy (non-hydrogen) atoms. The summed E-state index contributed by atoms with van der Waals surface area (Å²) in [5.41, 5.74) is 2.37. The molecule has 0 aliphatic carbocycles. The van der Waals surface area contributed by atoms with E-state index in [0.717, 1.165) is 47.8 Å². The zero-order valence-electron chi connectivity index (χ0n) is 14.0. The second-order valence-corrected chi connectivity index (χ2v) is 6.74. The van der Waals surface area contributed by atoms with Crippen LogP contribution in [0.5, 0.6) is 11.5 Å². The molecule has 3 rings (SSSR count). The molecule has 1 saturated heterocycles. The molecule has 0 amide bonds. The molecule has 1 heterocycles. The summed E-state index contributed by atoms with van der Waals surface area (Å²) in [5, 5.41) is 0. The first-order valence-electron chi connectivity index (χ1n) is 8.00. The van der Waals surface area contributed by atoms with Crippen molar-refractivity contribution in [1.29, 1.82) is 0 Å². The summed E-state index contributed by atoms with van der Waals surface area (Å²) >= 11 is 3.48. The van der Waals surface area contributed by atoms with Gasteiger partial charge < -0.3 is 14.2 Å². The summed E-state index contributed by atoms with van der Waals surface area (Å²) in [5.74, 6) is 1.67. The van der Waals surface area contributed by atoms with Crippen molar-refractivity contribution in [3.63, 3.8) is 0 Å². The molecule has 0 saturated carbocycles. The summed E-state index contributed by atoms with van der Waals surface area (Å²) < 4.78 is 17.8. The number of halogens is 1. The highest BCUT2D eigenvalue weighted by Gasteiger charge is 2.22. The zero-order chi connectivity index (χ0) is 16.9. The molecule has 1 atom stereocenters. The van der Waals surface area contributed by atoms with Crippen LogP contribution in [0.2, 0.25) is 0 Å². The van der Waals surface area contributed by atoms with Crippen molar-refractivity contribution in [2.75, 3.05) is 33.9 Å². The highest BCUT2D eigenvalue weighted by atomic mass is 79.9. The fourth-order valence-electron chi connectivity index (χ4n) is 2.95. The maximum Gasteiger partial charge on any atom is 0.127 e. The molecule has 0 aromatic heterocycles. The van der Waals surface area contributed by atoms with Gasteiger partial charge in [0.15, 0.2) is 0 Å². The molecule has 1 fully saturated rings. The average Bonchev–Trinajstić information content (AvgIpc) is 2.63. The zero-order valence-corrected chi connectivity index (χ0v) is 15.6. The number of hydrogen-bond acceptors (Lipinski definition) is 4. The fraction of sp³-hybridized carbons (Fsp3) is 0.368. The predicted octanol–water partition coefficient (Wildman–Crippen LogP) is 4.04. The molecule has 2 aromatic carbocycles. The first-order valence-corrected chi connectivity index (χ1v) is 8.79. The van der Waals surface area contributed by atoms with Crippen molar-refractivity contribution in [3.05, 3.63) is 58.1 Å². The van der Waals surface area contributed by atoms with Gasteiger partial charge in [-0.1, -0.05) is 34.1 Å². The summed E-state index contributed by atoms with van der Waals surface area (Å²) in [4.78, 5) is 2.40. The number of morpholine rings is 1. The third-order valence-corrected chi connectivity index (χ3v) is 4.81. The molecule has 1 aliphatic rings. The van der Waals surface area contributed by atoms with Crippen molar-refractivity contribution in [1.82, 2.24) is 4.90 Å². The van der Waals surface area contributed by atoms with Crippen LogP contribution < -0.4 is 9.47 Å². The molecule has 5 heteroatoms. The quantitative estimate of drug-likeness (QED) is 0.769. The summed E-state index contributed by atoms with van der Waals surface area (Å²) in [6, 6.07) is 14.3. The third-order valence-electron chi connectivity index (χ3n) is 4.28. The Bertz CT molecular complexity index is 675. The van der Waals surface area contributed by atoms with E-state index in [4.69, 9.17) is 14.2 Å². The van der Waals surface area contributed by atoms with Gasteiger partial charge in [0.25, 0.3) is 0 Å². The van der Waals surface area contributed by atoms with Crippen LogP contribution in [0.1, 0.15) is 17.2 Å². The minimum atomic E-state index is 0.107. The Morgan fingerprint density at radius 3 is 2.62 bits per heavy atom. The predicted molar refractivity (Wildman–Crippen MR) is 97.7 cm³/mol. The number of rotatable bonds is 5. The van der Waals surface area contributed by atoms with Crippen LogP contribution >= 0.6 is 15.9 Å². The van der Waals surface area contributed by atoms with Crippen molar-refractivity contribution in [2.45, 2.75) is 12.6 Å². The lowest BCUT2D eigenvalue weighted by atomic mass is 10.1. The highest BCUT2D eigenvalue weighted by molar-refractivity contribution is 9.10. The number of benzene rings is 2.